The summed E-state index contributed by atoms with van der Waals surface area (Å²) in [6.07, 6.45) is 1.35. The summed E-state index contributed by atoms with van der Waals surface area (Å²) in [6.45, 7) is 0.685. The molecule has 2 rings (SSSR count). The lowest BCUT2D eigenvalue weighted by atomic mass is 9.82. The fourth-order valence-electron chi connectivity index (χ4n) is 2.02. The maximum absolute atomic E-state index is 11.2. The smallest absolute Gasteiger partial charge is 0.238 e. The molecule has 1 aliphatic carbocycles. The molecule has 0 bridgehead atoms. The van der Waals surface area contributed by atoms with Crippen molar-refractivity contribution in [2.24, 2.45) is 11.1 Å². The van der Waals surface area contributed by atoms with E-state index in [0.29, 0.717) is 23.8 Å². The third-order valence-electron chi connectivity index (χ3n) is 3.06. The molecule has 0 atom stereocenters. The average molecular weight is 271 g/mol. The molecule has 18 heavy (non-hydrogen) atoms. The SMILES string of the molecule is Nc1cc(NCC2CC(O)C2)cc(S(N)(=O)=O)c1. The maximum Gasteiger partial charge on any atom is 0.238 e. The monoisotopic (exact) mass is 271 g/mol. The van der Waals surface area contributed by atoms with Gasteiger partial charge in [-0.05, 0) is 37.0 Å². The van der Waals surface area contributed by atoms with Crippen LogP contribution in [0.1, 0.15) is 12.8 Å². The Morgan fingerprint density at radius 2 is 2.00 bits per heavy atom. The second-order valence-electron chi connectivity index (χ2n) is 4.71. The molecular formula is C11H17N3O3S. The molecule has 1 saturated carbocycles. The minimum atomic E-state index is -3.75. The van der Waals surface area contributed by atoms with Gasteiger partial charge in [0.05, 0.1) is 11.0 Å². The first-order valence-corrected chi connectivity index (χ1v) is 7.24. The number of rotatable bonds is 4. The fourth-order valence-corrected chi connectivity index (χ4v) is 2.61. The summed E-state index contributed by atoms with van der Waals surface area (Å²) >= 11 is 0. The summed E-state index contributed by atoms with van der Waals surface area (Å²) in [5, 5.41) is 17.3. The van der Waals surface area contributed by atoms with Crippen LogP contribution in [-0.4, -0.2) is 26.2 Å². The van der Waals surface area contributed by atoms with Gasteiger partial charge in [-0.3, -0.25) is 0 Å². The second kappa shape index (κ2) is 4.75. The minimum absolute atomic E-state index is 0.00126. The molecule has 1 aliphatic rings. The maximum atomic E-state index is 11.2. The molecule has 0 aliphatic heterocycles. The zero-order valence-corrected chi connectivity index (χ0v) is 10.7. The molecule has 0 heterocycles. The first kappa shape index (κ1) is 13.1. The summed E-state index contributed by atoms with van der Waals surface area (Å²) in [5.74, 6) is 0.416. The van der Waals surface area contributed by atoms with Gasteiger partial charge in [0.15, 0.2) is 0 Å². The Labute approximate surface area is 106 Å². The van der Waals surface area contributed by atoms with Crippen molar-refractivity contribution >= 4 is 21.4 Å². The molecular weight excluding hydrogens is 254 g/mol. The van der Waals surface area contributed by atoms with E-state index < -0.39 is 10.0 Å². The third-order valence-corrected chi connectivity index (χ3v) is 3.96. The molecule has 6 N–H and O–H groups in total. The van der Waals surface area contributed by atoms with E-state index in [1.807, 2.05) is 0 Å². The number of hydrogen-bond donors (Lipinski definition) is 4. The quantitative estimate of drug-likeness (QED) is 0.579. The predicted molar refractivity (Wildman–Crippen MR) is 69.4 cm³/mol. The number of benzene rings is 1. The third kappa shape index (κ3) is 3.12. The number of nitrogen functional groups attached to an aromatic ring is 1. The minimum Gasteiger partial charge on any atom is -0.399 e. The highest BCUT2D eigenvalue weighted by molar-refractivity contribution is 7.89. The molecule has 0 saturated heterocycles. The van der Waals surface area contributed by atoms with Gasteiger partial charge in [0, 0.05) is 17.9 Å². The van der Waals surface area contributed by atoms with E-state index in [4.69, 9.17) is 16.0 Å². The van der Waals surface area contributed by atoms with E-state index >= 15 is 0 Å². The summed E-state index contributed by atoms with van der Waals surface area (Å²) < 4.78 is 22.5. The number of sulfonamides is 1. The van der Waals surface area contributed by atoms with Gasteiger partial charge in [-0.25, -0.2) is 13.6 Å². The largest absolute Gasteiger partial charge is 0.399 e. The lowest BCUT2D eigenvalue weighted by Crippen LogP contribution is -2.33. The highest BCUT2D eigenvalue weighted by Crippen LogP contribution is 2.28. The van der Waals surface area contributed by atoms with Crippen molar-refractivity contribution in [1.82, 2.24) is 0 Å². The Hall–Kier alpha value is -1.31. The molecule has 6 nitrogen and oxygen atoms in total. The van der Waals surface area contributed by atoms with Crippen LogP contribution >= 0.6 is 0 Å². The molecule has 1 aromatic rings. The number of aliphatic hydroxyl groups excluding tert-OH is 1. The molecule has 0 amide bonds. The molecule has 0 aromatic heterocycles. The first-order valence-electron chi connectivity index (χ1n) is 5.70. The number of primary sulfonamides is 1. The normalized spacial score (nSPS) is 23.4. The highest BCUT2D eigenvalue weighted by Gasteiger charge is 2.26. The van der Waals surface area contributed by atoms with Gasteiger partial charge < -0.3 is 16.2 Å². The average Bonchev–Trinajstić information content (AvgIpc) is 2.21. The van der Waals surface area contributed by atoms with Crippen LogP contribution in [0.3, 0.4) is 0 Å². The standard InChI is InChI=1S/C11H17N3O3S/c12-8-3-9(5-11(4-8)18(13,16)17)14-6-7-1-10(15)2-7/h3-5,7,10,14-15H,1-2,6,12H2,(H2,13,16,17). The van der Waals surface area contributed by atoms with Crippen molar-refractivity contribution in [2.45, 2.75) is 23.8 Å². The zero-order valence-electron chi connectivity index (χ0n) is 9.83. The first-order chi connectivity index (χ1) is 8.34. The van der Waals surface area contributed by atoms with Crippen LogP contribution in [0.2, 0.25) is 0 Å². The molecule has 0 spiro atoms. The van der Waals surface area contributed by atoms with Gasteiger partial charge in [0.2, 0.25) is 10.0 Å². The van der Waals surface area contributed by atoms with E-state index in [-0.39, 0.29) is 11.0 Å². The van der Waals surface area contributed by atoms with Crippen molar-refractivity contribution in [3.8, 4) is 0 Å². The zero-order chi connectivity index (χ0) is 13.3. The highest BCUT2D eigenvalue weighted by atomic mass is 32.2. The molecule has 0 unspecified atom stereocenters. The van der Waals surface area contributed by atoms with Gasteiger partial charge in [-0.15, -0.1) is 0 Å². The number of nitrogens with two attached hydrogens (primary N) is 2. The molecule has 1 fully saturated rings. The van der Waals surface area contributed by atoms with Crippen LogP contribution in [-0.2, 0) is 10.0 Å². The number of nitrogens with one attached hydrogen (secondary N) is 1. The summed E-state index contributed by atoms with van der Waals surface area (Å²) in [7, 11) is -3.75. The van der Waals surface area contributed by atoms with Gasteiger partial charge >= 0.3 is 0 Å². The number of anilines is 2. The van der Waals surface area contributed by atoms with Gasteiger partial charge in [-0.2, -0.15) is 0 Å². The van der Waals surface area contributed by atoms with Crippen molar-refractivity contribution in [2.75, 3.05) is 17.6 Å². The van der Waals surface area contributed by atoms with Gasteiger partial charge in [0.25, 0.3) is 0 Å². The predicted octanol–water partition coefficient (Wildman–Crippen LogP) is 0.0990. The summed E-state index contributed by atoms with van der Waals surface area (Å²) in [6, 6.07) is 4.44. The van der Waals surface area contributed by atoms with Crippen molar-refractivity contribution < 1.29 is 13.5 Å². The van der Waals surface area contributed by atoms with Crippen LogP contribution in [0, 0.1) is 5.92 Å². The van der Waals surface area contributed by atoms with Crippen LogP contribution in [0.5, 0.6) is 0 Å². The van der Waals surface area contributed by atoms with Crippen LogP contribution in [0.15, 0.2) is 23.1 Å². The topological polar surface area (TPSA) is 118 Å². The molecule has 7 heteroatoms. The molecule has 100 valence electrons. The van der Waals surface area contributed by atoms with Gasteiger partial charge in [-0.1, -0.05) is 0 Å². The van der Waals surface area contributed by atoms with E-state index in [9.17, 15) is 8.42 Å². The van der Waals surface area contributed by atoms with Crippen LogP contribution in [0.4, 0.5) is 11.4 Å². The van der Waals surface area contributed by atoms with Crippen LogP contribution < -0.4 is 16.2 Å². The Bertz CT molecular complexity index is 538. The molecule has 1 aromatic carbocycles. The Kier molecular flexibility index (Phi) is 3.47. The van der Waals surface area contributed by atoms with E-state index in [0.717, 1.165) is 12.8 Å². The van der Waals surface area contributed by atoms with Crippen molar-refractivity contribution in [3.63, 3.8) is 0 Å². The lowest BCUT2D eigenvalue weighted by molar-refractivity contribution is 0.0487. The Morgan fingerprint density at radius 3 is 2.56 bits per heavy atom. The number of aliphatic hydroxyl groups is 1. The lowest BCUT2D eigenvalue weighted by Gasteiger charge is -2.31. The van der Waals surface area contributed by atoms with E-state index in [2.05, 4.69) is 5.32 Å². The summed E-state index contributed by atoms with van der Waals surface area (Å²) in [4.78, 5) is -0.00126. The fraction of sp³-hybridized carbons (Fsp3) is 0.455. The number of hydrogen-bond acceptors (Lipinski definition) is 5. The second-order valence-corrected chi connectivity index (χ2v) is 6.27. The van der Waals surface area contributed by atoms with Crippen molar-refractivity contribution in [3.05, 3.63) is 18.2 Å². The Balaban J connectivity index is 2.06. The van der Waals surface area contributed by atoms with Gasteiger partial charge in [0.1, 0.15) is 0 Å². The van der Waals surface area contributed by atoms with E-state index in [1.165, 1.54) is 12.1 Å². The van der Waals surface area contributed by atoms with Crippen LogP contribution in [0.25, 0.3) is 0 Å². The van der Waals surface area contributed by atoms with E-state index in [1.54, 1.807) is 6.07 Å². The van der Waals surface area contributed by atoms with Crippen molar-refractivity contribution in [1.29, 1.82) is 0 Å². The summed E-state index contributed by atoms with van der Waals surface area (Å²) in [5.41, 5.74) is 6.60. The molecule has 0 radical (unpaired) electrons. The Morgan fingerprint density at radius 1 is 1.33 bits per heavy atom.